The van der Waals surface area contributed by atoms with E-state index in [0.29, 0.717) is 25.4 Å². The first-order chi connectivity index (χ1) is 13.5. The maximum atomic E-state index is 12.4. The number of aromatic hydroxyl groups is 1. The highest BCUT2D eigenvalue weighted by Gasteiger charge is 2.25. The van der Waals surface area contributed by atoms with Crippen molar-refractivity contribution in [2.45, 2.75) is 25.8 Å². The molecule has 2 aliphatic rings. The molecule has 0 spiro atoms. The van der Waals surface area contributed by atoms with Crippen LogP contribution >= 0.6 is 0 Å². The van der Waals surface area contributed by atoms with Gasteiger partial charge in [-0.2, -0.15) is 0 Å². The molecule has 4 N–H and O–H groups in total. The number of nitrogens with two attached hydrogens (primary N) is 1. The number of nitrogens with one attached hydrogen (secondary N) is 1. The highest BCUT2D eigenvalue weighted by molar-refractivity contribution is 5.80. The van der Waals surface area contributed by atoms with Crippen LogP contribution < -0.4 is 11.1 Å². The molecule has 1 aliphatic heterocycles. The molecule has 28 heavy (non-hydrogen) atoms. The largest absolute Gasteiger partial charge is 0.508 e. The summed E-state index contributed by atoms with van der Waals surface area (Å²) in [4.78, 5) is 14.5. The third-order valence-electron chi connectivity index (χ3n) is 4.87. The summed E-state index contributed by atoms with van der Waals surface area (Å²) in [6, 6.07) is 6.76. The Balaban J connectivity index is 1.62. The third-order valence-corrected chi connectivity index (χ3v) is 4.87. The highest BCUT2D eigenvalue weighted by atomic mass is 16.5. The first-order valence-electron chi connectivity index (χ1n) is 9.52. The van der Waals surface area contributed by atoms with Crippen LogP contribution in [0.3, 0.4) is 0 Å². The number of carbonyl (C=O) groups excluding carboxylic acids is 1. The maximum absolute atomic E-state index is 12.4. The molecular formula is C22H27N3O3. The van der Waals surface area contributed by atoms with E-state index in [1.165, 1.54) is 0 Å². The molecule has 3 rings (SSSR count). The summed E-state index contributed by atoms with van der Waals surface area (Å²) in [5.74, 6) is 0.927. The molecule has 0 bridgehead atoms. The zero-order valence-electron chi connectivity index (χ0n) is 16.1. The van der Waals surface area contributed by atoms with Crippen LogP contribution in [0.2, 0.25) is 0 Å². The van der Waals surface area contributed by atoms with Crippen LogP contribution in [0.4, 0.5) is 0 Å². The van der Waals surface area contributed by atoms with Crippen molar-refractivity contribution in [3.63, 3.8) is 0 Å². The Morgan fingerprint density at radius 3 is 3.07 bits per heavy atom. The van der Waals surface area contributed by atoms with Gasteiger partial charge < -0.3 is 20.9 Å². The number of hydrogen-bond acceptors (Lipinski definition) is 5. The zero-order chi connectivity index (χ0) is 19.9. The van der Waals surface area contributed by atoms with E-state index in [1.807, 2.05) is 31.2 Å². The average Bonchev–Trinajstić information content (AvgIpc) is 2.69. The maximum Gasteiger partial charge on any atom is 0.238 e. The fourth-order valence-corrected chi connectivity index (χ4v) is 3.24. The molecule has 1 aliphatic carbocycles. The van der Waals surface area contributed by atoms with E-state index in [-0.39, 0.29) is 17.7 Å². The van der Waals surface area contributed by atoms with Crippen molar-refractivity contribution < 1.29 is 14.6 Å². The van der Waals surface area contributed by atoms with E-state index in [1.54, 1.807) is 24.3 Å². The van der Waals surface area contributed by atoms with Crippen molar-refractivity contribution >= 4 is 11.6 Å². The van der Waals surface area contributed by atoms with Gasteiger partial charge >= 0.3 is 0 Å². The monoisotopic (exact) mass is 381 g/mol. The minimum atomic E-state index is -0.0343. The second-order valence-electron chi connectivity index (χ2n) is 6.94. The third kappa shape index (κ3) is 5.27. The number of allylic oxidation sites excluding steroid dienone is 6. The Hall–Kier alpha value is -2.99. The van der Waals surface area contributed by atoms with Crippen LogP contribution in [0.15, 0.2) is 66.1 Å². The normalized spacial score (nSPS) is 21.9. The number of carbonyl (C=O) groups is 1. The topological polar surface area (TPSA) is 87.8 Å². The molecule has 1 aromatic carbocycles. The fraction of sp³-hybridized carbons (Fsp3) is 0.318. The Bertz CT molecular complexity index is 839. The predicted molar refractivity (Wildman–Crippen MR) is 110 cm³/mol. The van der Waals surface area contributed by atoms with E-state index < -0.39 is 0 Å². The molecule has 6 nitrogen and oxygen atoms in total. The van der Waals surface area contributed by atoms with Gasteiger partial charge in [0.15, 0.2) is 0 Å². The van der Waals surface area contributed by atoms with Crippen LogP contribution in [0.1, 0.15) is 25.3 Å². The van der Waals surface area contributed by atoms with E-state index in [0.717, 1.165) is 29.9 Å². The number of hydrogen-bond donors (Lipinski definition) is 3. The van der Waals surface area contributed by atoms with Gasteiger partial charge in [-0.15, -0.1) is 0 Å². The molecule has 0 aromatic heterocycles. The lowest BCUT2D eigenvalue weighted by Gasteiger charge is -2.34. The van der Waals surface area contributed by atoms with Crippen LogP contribution in [0, 0.1) is 0 Å². The van der Waals surface area contributed by atoms with Gasteiger partial charge in [-0.25, -0.2) is 0 Å². The van der Waals surface area contributed by atoms with Gasteiger partial charge in [0, 0.05) is 23.5 Å². The lowest BCUT2D eigenvalue weighted by atomic mass is 10.1. The fourth-order valence-electron chi connectivity index (χ4n) is 3.24. The minimum absolute atomic E-state index is 0.00975. The molecule has 148 valence electrons. The summed E-state index contributed by atoms with van der Waals surface area (Å²) >= 11 is 0. The molecule has 1 aromatic rings. The molecule has 1 unspecified atom stereocenters. The minimum Gasteiger partial charge on any atom is -0.508 e. The second kappa shape index (κ2) is 9.28. The number of morpholine rings is 1. The average molecular weight is 381 g/mol. The predicted octanol–water partition coefficient (Wildman–Crippen LogP) is 2.65. The quantitative estimate of drug-likeness (QED) is 0.730. The van der Waals surface area contributed by atoms with Crippen LogP contribution in [-0.4, -0.2) is 41.7 Å². The van der Waals surface area contributed by atoms with Gasteiger partial charge in [0.1, 0.15) is 18.1 Å². The van der Waals surface area contributed by atoms with Gasteiger partial charge in [-0.05, 0) is 50.1 Å². The molecule has 1 saturated heterocycles. The first-order valence-corrected chi connectivity index (χ1v) is 9.52. The summed E-state index contributed by atoms with van der Waals surface area (Å²) in [5.41, 5.74) is 8.35. The SMILES string of the molecule is CC1/C(=C\C=C(/N)c2cccc(O)c2)OCCN1CC(=O)NC1=CC=CCC1. The van der Waals surface area contributed by atoms with Crippen molar-refractivity contribution in [1.82, 2.24) is 10.2 Å². The molecule has 1 amide bonds. The molecule has 1 fully saturated rings. The number of nitrogens with zero attached hydrogens (tertiary/aromatic N) is 1. The van der Waals surface area contributed by atoms with Crippen molar-refractivity contribution in [2.75, 3.05) is 19.7 Å². The van der Waals surface area contributed by atoms with Gasteiger partial charge in [-0.1, -0.05) is 24.3 Å². The molecule has 0 saturated carbocycles. The molecule has 1 atom stereocenters. The summed E-state index contributed by atoms with van der Waals surface area (Å²) in [7, 11) is 0. The summed E-state index contributed by atoms with van der Waals surface area (Å²) < 4.78 is 5.78. The van der Waals surface area contributed by atoms with Crippen LogP contribution in [0.5, 0.6) is 5.75 Å². The first kappa shape index (κ1) is 19.8. The Morgan fingerprint density at radius 1 is 1.46 bits per heavy atom. The van der Waals surface area contributed by atoms with Crippen molar-refractivity contribution in [2.24, 2.45) is 5.73 Å². The molecular weight excluding hydrogens is 354 g/mol. The highest BCUT2D eigenvalue weighted by Crippen LogP contribution is 2.20. The van der Waals surface area contributed by atoms with Gasteiger partial charge in [0.05, 0.1) is 12.6 Å². The Morgan fingerprint density at radius 2 is 2.32 bits per heavy atom. The number of rotatable bonds is 5. The lowest BCUT2D eigenvalue weighted by molar-refractivity contribution is -0.122. The van der Waals surface area contributed by atoms with Gasteiger partial charge in [0.2, 0.25) is 5.91 Å². The van der Waals surface area contributed by atoms with E-state index in [9.17, 15) is 9.90 Å². The van der Waals surface area contributed by atoms with Crippen LogP contribution in [-0.2, 0) is 9.53 Å². The Kier molecular flexibility index (Phi) is 6.55. The van der Waals surface area contributed by atoms with Crippen molar-refractivity contribution in [1.29, 1.82) is 0 Å². The number of amides is 1. The standard InChI is InChI=1S/C22H27N3O3/c1-16-21(11-10-20(23)17-6-5-9-19(26)14-17)28-13-12-25(16)15-22(27)24-18-7-3-2-4-8-18/h2-3,5-7,9-11,14,16,26H,4,8,12-13,15,23H2,1H3,(H,24,27)/b20-10-,21-11+. The smallest absolute Gasteiger partial charge is 0.238 e. The Labute approximate surface area is 165 Å². The van der Waals surface area contributed by atoms with Gasteiger partial charge in [-0.3, -0.25) is 9.69 Å². The zero-order valence-corrected chi connectivity index (χ0v) is 16.1. The summed E-state index contributed by atoms with van der Waals surface area (Å²) in [5, 5.41) is 12.6. The van der Waals surface area contributed by atoms with E-state index >= 15 is 0 Å². The molecule has 1 heterocycles. The van der Waals surface area contributed by atoms with E-state index in [4.69, 9.17) is 10.5 Å². The van der Waals surface area contributed by atoms with Crippen molar-refractivity contribution in [3.05, 3.63) is 71.7 Å². The number of phenolic OH excluding ortho intramolecular Hbond substituents is 1. The van der Waals surface area contributed by atoms with E-state index in [2.05, 4.69) is 16.3 Å². The second-order valence-corrected chi connectivity index (χ2v) is 6.94. The molecule has 6 heteroatoms. The van der Waals surface area contributed by atoms with Crippen LogP contribution in [0.25, 0.3) is 5.70 Å². The summed E-state index contributed by atoms with van der Waals surface area (Å²) in [6.45, 7) is 3.54. The summed E-state index contributed by atoms with van der Waals surface area (Å²) in [6.07, 6.45) is 11.4. The van der Waals surface area contributed by atoms with Crippen molar-refractivity contribution in [3.8, 4) is 5.75 Å². The molecule has 0 radical (unpaired) electrons. The number of ether oxygens (including phenoxy) is 1. The lowest BCUT2D eigenvalue weighted by Crippen LogP contribution is -2.47. The number of benzene rings is 1. The number of phenols is 1. The van der Waals surface area contributed by atoms with Gasteiger partial charge in [0.25, 0.3) is 0 Å².